The Morgan fingerprint density at radius 1 is 1.38 bits per heavy atom. The van der Waals surface area contributed by atoms with Crippen molar-refractivity contribution in [3.8, 4) is 0 Å². The van der Waals surface area contributed by atoms with Gasteiger partial charge in [0, 0.05) is 17.7 Å². The Hall–Kier alpha value is -1.40. The summed E-state index contributed by atoms with van der Waals surface area (Å²) in [6.45, 7) is 2.86. The van der Waals surface area contributed by atoms with E-state index in [1.165, 1.54) is 0 Å². The van der Waals surface area contributed by atoms with Crippen molar-refractivity contribution >= 4 is 27.8 Å². The molecule has 0 aliphatic carbocycles. The molecule has 6 heteroatoms. The second-order valence-electron chi connectivity index (χ2n) is 5.40. The molecule has 1 heterocycles. The summed E-state index contributed by atoms with van der Waals surface area (Å²) >= 11 is 3.38. The minimum absolute atomic E-state index is 0.0917. The molecule has 1 amide bonds. The Bertz CT molecular complexity index is 553. The third-order valence-corrected chi connectivity index (χ3v) is 4.34. The number of ether oxygens (including phenoxy) is 1. The number of amides is 1. The molecule has 2 N–H and O–H groups in total. The van der Waals surface area contributed by atoms with Crippen LogP contribution in [0.4, 0.5) is 0 Å². The summed E-state index contributed by atoms with van der Waals surface area (Å²) in [5, 5.41) is 12.0. The van der Waals surface area contributed by atoms with Crippen molar-refractivity contribution in [2.24, 2.45) is 0 Å². The molecule has 1 fully saturated rings. The number of hydrogen-bond acceptors (Lipinski definition) is 3. The van der Waals surface area contributed by atoms with E-state index in [0.29, 0.717) is 36.1 Å². The summed E-state index contributed by atoms with van der Waals surface area (Å²) in [4.78, 5) is 23.6. The molecule has 0 saturated carbocycles. The topological polar surface area (TPSA) is 75.6 Å². The summed E-state index contributed by atoms with van der Waals surface area (Å²) < 4.78 is 5.99. The van der Waals surface area contributed by atoms with Crippen molar-refractivity contribution in [2.45, 2.75) is 31.7 Å². The second-order valence-corrected chi connectivity index (χ2v) is 6.25. The van der Waals surface area contributed by atoms with Gasteiger partial charge in [0.15, 0.2) is 0 Å². The highest BCUT2D eigenvalue weighted by Crippen LogP contribution is 2.26. The quantitative estimate of drug-likeness (QED) is 0.869. The fourth-order valence-corrected chi connectivity index (χ4v) is 3.18. The number of rotatable bonds is 4. The molecule has 1 aliphatic rings. The highest BCUT2D eigenvalue weighted by atomic mass is 79.9. The molecule has 0 spiro atoms. The molecule has 1 aromatic carbocycles. The first-order chi connectivity index (χ1) is 9.92. The monoisotopic (exact) mass is 355 g/mol. The molecule has 0 aromatic heterocycles. The molecule has 5 nitrogen and oxygen atoms in total. The van der Waals surface area contributed by atoms with Gasteiger partial charge in [-0.1, -0.05) is 6.07 Å². The molecular weight excluding hydrogens is 338 g/mol. The maximum Gasteiger partial charge on any atom is 0.305 e. The van der Waals surface area contributed by atoms with Crippen LogP contribution in [0, 0.1) is 6.92 Å². The van der Waals surface area contributed by atoms with Gasteiger partial charge in [-0.25, -0.2) is 0 Å². The van der Waals surface area contributed by atoms with Gasteiger partial charge < -0.3 is 15.2 Å². The predicted molar refractivity (Wildman–Crippen MR) is 81.4 cm³/mol. The zero-order chi connectivity index (χ0) is 15.5. The van der Waals surface area contributed by atoms with Crippen LogP contribution in [0.2, 0.25) is 0 Å². The van der Waals surface area contributed by atoms with Crippen LogP contribution < -0.4 is 5.32 Å². The van der Waals surface area contributed by atoms with Crippen LogP contribution in [0.25, 0.3) is 0 Å². The Morgan fingerprint density at radius 2 is 2.05 bits per heavy atom. The predicted octanol–water partition coefficient (Wildman–Crippen LogP) is 2.51. The van der Waals surface area contributed by atoms with Crippen LogP contribution in [0.15, 0.2) is 22.7 Å². The maximum absolute atomic E-state index is 12.5. The lowest BCUT2D eigenvalue weighted by atomic mass is 9.86. The lowest BCUT2D eigenvalue weighted by molar-refractivity contribution is -0.139. The summed E-state index contributed by atoms with van der Waals surface area (Å²) in [5.74, 6) is -1.18. The smallest absolute Gasteiger partial charge is 0.305 e. The van der Waals surface area contributed by atoms with E-state index < -0.39 is 11.5 Å². The van der Waals surface area contributed by atoms with Gasteiger partial charge in [-0.3, -0.25) is 9.59 Å². The van der Waals surface area contributed by atoms with Crippen LogP contribution in [0.5, 0.6) is 0 Å². The van der Waals surface area contributed by atoms with Gasteiger partial charge in [0.2, 0.25) is 0 Å². The molecule has 0 bridgehead atoms. The van der Waals surface area contributed by atoms with Crippen molar-refractivity contribution in [1.82, 2.24) is 5.32 Å². The van der Waals surface area contributed by atoms with Gasteiger partial charge in [-0.2, -0.15) is 0 Å². The Morgan fingerprint density at radius 3 is 2.62 bits per heavy atom. The number of carbonyl (C=O) groups excluding carboxylic acids is 1. The van der Waals surface area contributed by atoms with Crippen molar-refractivity contribution in [1.29, 1.82) is 0 Å². The molecule has 1 aromatic rings. The Kier molecular flexibility index (Phi) is 5.00. The minimum atomic E-state index is -0.917. The molecule has 0 atom stereocenters. The SMILES string of the molecule is Cc1ccc(C(=O)NC2(CC(=O)O)CCOCC2)c(Br)c1. The van der Waals surface area contributed by atoms with E-state index in [4.69, 9.17) is 9.84 Å². The van der Waals surface area contributed by atoms with E-state index in [0.717, 1.165) is 5.56 Å². The van der Waals surface area contributed by atoms with Gasteiger partial charge in [-0.15, -0.1) is 0 Å². The Labute approximate surface area is 131 Å². The average Bonchev–Trinajstić information content (AvgIpc) is 2.38. The number of aryl methyl sites for hydroxylation is 1. The van der Waals surface area contributed by atoms with Crippen LogP contribution in [0.1, 0.15) is 35.2 Å². The third-order valence-electron chi connectivity index (χ3n) is 3.69. The van der Waals surface area contributed by atoms with Crippen LogP contribution in [-0.2, 0) is 9.53 Å². The fraction of sp³-hybridized carbons (Fsp3) is 0.467. The molecule has 2 rings (SSSR count). The molecule has 0 radical (unpaired) electrons. The van der Waals surface area contributed by atoms with E-state index in [9.17, 15) is 9.59 Å². The number of benzene rings is 1. The van der Waals surface area contributed by atoms with Crippen molar-refractivity contribution < 1.29 is 19.4 Å². The first kappa shape index (κ1) is 16.0. The average molecular weight is 356 g/mol. The van der Waals surface area contributed by atoms with Gasteiger partial charge in [0.25, 0.3) is 5.91 Å². The standard InChI is InChI=1S/C15H18BrNO4/c1-10-2-3-11(12(16)8-10)14(20)17-15(9-13(18)19)4-6-21-7-5-15/h2-3,8H,4-7,9H2,1H3,(H,17,20)(H,18,19). The molecule has 1 saturated heterocycles. The second kappa shape index (κ2) is 6.58. The van der Waals surface area contributed by atoms with E-state index in [2.05, 4.69) is 21.2 Å². The molecule has 114 valence electrons. The van der Waals surface area contributed by atoms with Gasteiger partial charge in [-0.05, 0) is 53.4 Å². The van der Waals surface area contributed by atoms with E-state index >= 15 is 0 Å². The normalized spacial score (nSPS) is 17.2. The fourth-order valence-electron chi connectivity index (χ4n) is 2.51. The molecular formula is C15H18BrNO4. The minimum Gasteiger partial charge on any atom is -0.481 e. The number of carbonyl (C=O) groups is 2. The van der Waals surface area contributed by atoms with Crippen LogP contribution >= 0.6 is 15.9 Å². The van der Waals surface area contributed by atoms with Gasteiger partial charge in [0.05, 0.1) is 17.5 Å². The number of aliphatic carboxylic acids is 1. The van der Waals surface area contributed by atoms with Gasteiger partial charge in [0.1, 0.15) is 0 Å². The zero-order valence-electron chi connectivity index (χ0n) is 11.8. The lowest BCUT2D eigenvalue weighted by Crippen LogP contribution is -2.53. The first-order valence-electron chi connectivity index (χ1n) is 6.80. The highest BCUT2D eigenvalue weighted by Gasteiger charge is 2.36. The lowest BCUT2D eigenvalue weighted by Gasteiger charge is -2.37. The Balaban J connectivity index is 2.19. The third kappa shape index (κ3) is 4.04. The van der Waals surface area contributed by atoms with Crippen molar-refractivity contribution in [2.75, 3.05) is 13.2 Å². The number of hydrogen-bond donors (Lipinski definition) is 2. The number of nitrogens with one attached hydrogen (secondary N) is 1. The largest absolute Gasteiger partial charge is 0.481 e. The number of carboxylic acids is 1. The highest BCUT2D eigenvalue weighted by molar-refractivity contribution is 9.10. The van der Waals surface area contributed by atoms with Gasteiger partial charge >= 0.3 is 5.97 Å². The first-order valence-corrected chi connectivity index (χ1v) is 7.59. The number of halogens is 1. The zero-order valence-corrected chi connectivity index (χ0v) is 13.4. The summed E-state index contributed by atoms with van der Waals surface area (Å²) in [6, 6.07) is 5.46. The summed E-state index contributed by atoms with van der Waals surface area (Å²) in [6.07, 6.45) is 0.925. The molecule has 0 unspecified atom stereocenters. The van der Waals surface area contributed by atoms with Crippen LogP contribution in [0.3, 0.4) is 0 Å². The van der Waals surface area contributed by atoms with E-state index in [-0.39, 0.29) is 12.3 Å². The molecule has 21 heavy (non-hydrogen) atoms. The van der Waals surface area contributed by atoms with Crippen molar-refractivity contribution in [3.05, 3.63) is 33.8 Å². The summed E-state index contributed by atoms with van der Waals surface area (Å²) in [5.41, 5.74) is 0.826. The molecule has 1 aliphatic heterocycles. The summed E-state index contributed by atoms with van der Waals surface area (Å²) in [7, 11) is 0. The van der Waals surface area contributed by atoms with E-state index in [1.54, 1.807) is 6.07 Å². The van der Waals surface area contributed by atoms with E-state index in [1.807, 2.05) is 19.1 Å². The number of carboxylic acid groups (broad SMARTS) is 1. The maximum atomic E-state index is 12.5. The van der Waals surface area contributed by atoms with Crippen LogP contribution in [-0.4, -0.2) is 35.7 Å². The van der Waals surface area contributed by atoms with Crippen molar-refractivity contribution in [3.63, 3.8) is 0 Å².